The van der Waals surface area contributed by atoms with Crippen molar-refractivity contribution in [3.8, 4) is 0 Å². The molecule has 4 heterocycles. The molecule has 1 spiro atoms. The van der Waals surface area contributed by atoms with Gasteiger partial charge in [-0.3, -0.25) is 9.80 Å². The minimum absolute atomic E-state index is 0.0322. The molecule has 194 valence electrons. The summed E-state index contributed by atoms with van der Waals surface area (Å²) >= 11 is 13.9. The normalized spacial score (nSPS) is 21.4. The first-order chi connectivity index (χ1) is 18.0. The molecular weight excluding hydrogens is 527 g/mol. The van der Waals surface area contributed by atoms with Crippen molar-refractivity contribution in [2.45, 2.75) is 37.2 Å². The highest BCUT2D eigenvalue weighted by Gasteiger charge is 2.48. The van der Waals surface area contributed by atoms with Crippen LogP contribution in [-0.2, 0) is 10.2 Å². The summed E-state index contributed by atoms with van der Waals surface area (Å²) in [7, 11) is 0. The molecule has 0 bridgehead atoms. The number of anilines is 1. The highest BCUT2D eigenvalue weighted by atomic mass is 35.5. The van der Waals surface area contributed by atoms with Crippen LogP contribution < -0.4 is 10.2 Å². The largest absolute Gasteiger partial charge is 0.376 e. The Balaban J connectivity index is 1.17. The molecule has 6 nitrogen and oxygen atoms in total. The molecule has 2 fully saturated rings. The Bertz CT molecular complexity index is 1330. The molecule has 1 atom stereocenters. The number of urea groups is 1. The van der Waals surface area contributed by atoms with Gasteiger partial charge in [-0.1, -0.05) is 41.4 Å². The van der Waals surface area contributed by atoms with Crippen LogP contribution >= 0.6 is 34.5 Å². The van der Waals surface area contributed by atoms with Crippen LogP contribution in [0.1, 0.15) is 36.8 Å². The molecule has 1 unspecified atom stereocenters. The first kappa shape index (κ1) is 25.1. The van der Waals surface area contributed by atoms with Gasteiger partial charge >= 0.3 is 6.03 Å². The van der Waals surface area contributed by atoms with Crippen LogP contribution in [-0.4, -0.2) is 61.3 Å². The maximum absolute atomic E-state index is 13.4. The predicted octanol–water partition coefficient (Wildman–Crippen LogP) is 6.36. The van der Waals surface area contributed by atoms with E-state index in [1.807, 2.05) is 28.6 Å². The lowest BCUT2D eigenvalue weighted by Gasteiger charge is -2.39. The highest BCUT2D eigenvalue weighted by Crippen LogP contribution is 2.50. The summed E-state index contributed by atoms with van der Waals surface area (Å²) in [6.07, 6.45) is 8.47. The molecule has 6 rings (SSSR count). The second kappa shape index (κ2) is 10.5. The Kier molecular flexibility index (Phi) is 7.16. The van der Waals surface area contributed by atoms with Gasteiger partial charge in [-0.25, -0.2) is 9.78 Å². The van der Waals surface area contributed by atoms with E-state index in [4.69, 9.17) is 32.9 Å². The van der Waals surface area contributed by atoms with E-state index < -0.39 is 0 Å². The monoisotopic (exact) mass is 556 g/mol. The molecule has 0 aliphatic carbocycles. The number of piperidine rings is 1. The van der Waals surface area contributed by atoms with Crippen LogP contribution in [0, 0.1) is 0 Å². The second-order valence-corrected chi connectivity index (χ2v) is 11.9. The fourth-order valence-electron chi connectivity index (χ4n) is 5.94. The third-order valence-electron chi connectivity index (χ3n) is 7.94. The maximum Gasteiger partial charge on any atom is 0.322 e. The topological polar surface area (TPSA) is 57.7 Å². The zero-order valence-electron chi connectivity index (χ0n) is 20.6. The third kappa shape index (κ3) is 5.00. The molecule has 3 aromatic rings. The summed E-state index contributed by atoms with van der Waals surface area (Å²) in [5.41, 5.74) is 6.21. The van der Waals surface area contributed by atoms with Crippen molar-refractivity contribution in [2.75, 3.05) is 44.2 Å². The molecule has 2 amide bonds. The van der Waals surface area contributed by atoms with Gasteiger partial charge in [0.2, 0.25) is 0 Å². The number of likely N-dealkylation sites (tertiary alicyclic amines) is 1. The van der Waals surface area contributed by atoms with Gasteiger partial charge in [0.25, 0.3) is 0 Å². The van der Waals surface area contributed by atoms with Crippen LogP contribution in [0.5, 0.6) is 0 Å². The number of nitrogens with zero attached hydrogens (tertiary/aromatic N) is 3. The number of halogens is 2. The van der Waals surface area contributed by atoms with E-state index in [0.29, 0.717) is 23.1 Å². The predicted molar refractivity (Wildman–Crippen MR) is 152 cm³/mol. The van der Waals surface area contributed by atoms with Crippen molar-refractivity contribution in [1.29, 1.82) is 0 Å². The lowest BCUT2D eigenvalue weighted by Crippen LogP contribution is -2.48. The number of hydrogen-bond acceptors (Lipinski definition) is 5. The van der Waals surface area contributed by atoms with Crippen molar-refractivity contribution >= 4 is 62.5 Å². The smallest absolute Gasteiger partial charge is 0.322 e. The maximum atomic E-state index is 13.4. The summed E-state index contributed by atoms with van der Waals surface area (Å²) in [4.78, 5) is 22.5. The van der Waals surface area contributed by atoms with Gasteiger partial charge in [-0.2, -0.15) is 0 Å². The van der Waals surface area contributed by atoms with Gasteiger partial charge < -0.3 is 10.1 Å². The Morgan fingerprint density at radius 1 is 1.22 bits per heavy atom. The van der Waals surface area contributed by atoms with Crippen LogP contribution in [0.25, 0.3) is 16.3 Å². The van der Waals surface area contributed by atoms with Crippen molar-refractivity contribution < 1.29 is 9.53 Å². The molecule has 0 saturated carbocycles. The van der Waals surface area contributed by atoms with Crippen molar-refractivity contribution in [1.82, 2.24) is 15.2 Å². The minimum atomic E-state index is -0.0754. The fourth-order valence-corrected chi connectivity index (χ4v) is 6.94. The average molecular weight is 558 g/mol. The number of thiazole rings is 1. The Morgan fingerprint density at radius 2 is 2.08 bits per heavy atom. The number of amides is 2. The number of aromatic nitrogens is 1. The van der Waals surface area contributed by atoms with E-state index in [-0.39, 0.29) is 17.6 Å². The first-order valence-electron chi connectivity index (χ1n) is 12.9. The molecule has 9 heteroatoms. The quantitative estimate of drug-likeness (QED) is 0.397. The van der Waals surface area contributed by atoms with Crippen LogP contribution in [0.4, 0.5) is 10.5 Å². The van der Waals surface area contributed by atoms with Crippen LogP contribution in [0.3, 0.4) is 0 Å². The second-order valence-electron chi connectivity index (χ2n) is 10.2. The Labute approximate surface area is 231 Å². The molecule has 3 aliphatic heterocycles. The number of fused-ring (bicyclic) bond motifs is 4. The standard InChI is InChI=1S/C28H30Cl2N4O2S/c29-21-6-5-19(15-22(21)30)3-1-11-33-12-9-28(10-13-33)17-34(27(35)31-16-20-4-2-14-36-20)23-7-8-24-26(25(23)28)32-18-37-24/h1,3,5-8,15,18,20H,2,4,9-14,16-17H2,(H,31,35)/b3-1+. The Morgan fingerprint density at radius 3 is 2.86 bits per heavy atom. The Hall–Kier alpha value is -2.16. The summed E-state index contributed by atoms with van der Waals surface area (Å²) in [6, 6.07) is 9.88. The van der Waals surface area contributed by atoms with E-state index in [1.165, 1.54) is 10.3 Å². The lowest BCUT2D eigenvalue weighted by atomic mass is 9.74. The number of nitrogens with one attached hydrogen (secondary N) is 1. The minimum Gasteiger partial charge on any atom is -0.376 e. The summed E-state index contributed by atoms with van der Waals surface area (Å²) in [5, 5.41) is 4.28. The summed E-state index contributed by atoms with van der Waals surface area (Å²) in [6.45, 7) is 4.86. The zero-order chi connectivity index (χ0) is 25.4. The van der Waals surface area contributed by atoms with E-state index in [9.17, 15) is 4.79 Å². The van der Waals surface area contributed by atoms with Gasteiger partial charge in [0.1, 0.15) is 0 Å². The van der Waals surface area contributed by atoms with Crippen LogP contribution in [0.15, 0.2) is 41.9 Å². The number of rotatable bonds is 5. The summed E-state index contributed by atoms with van der Waals surface area (Å²) in [5.74, 6) is 0. The van der Waals surface area contributed by atoms with Gasteiger partial charge in [-0.15, -0.1) is 11.3 Å². The molecule has 1 N–H and O–H groups in total. The average Bonchev–Trinajstić information content (AvgIpc) is 3.65. The number of ether oxygens (including phenoxy) is 1. The summed E-state index contributed by atoms with van der Waals surface area (Å²) < 4.78 is 6.90. The van der Waals surface area contributed by atoms with Crippen molar-refractivity contribution in [2.24, 2.45) is 0 Å². The fraction of sp³-hybridized carbons (Fsp3) is 0.429. The first-order valence-corrected chi connectivity index (χ1v) is 14.5. The van der Waals surface area contributed by atoms with E-state index in [0.717, 1.165) is 68.7 Å². The molecule has 37 heavy (non-hydrogen) atoms. The molecule has 2 aromatic carbocycles. The van der Waals surface area contributed by atoms with Crippen molar-refractivity contribution in [3.63, 3.8) is 0 Å². The zero-order valence-corrected chi connectivity index (χ0v) is 22.9. The molecule has 2 saturated heterocycles. The van der Waals surface area contributed by atoms with E-state index in [1.54, 1.807) is 11.3 Å². The van der Waals surface area contributed by atoms with Crippen LogP contribution in [0.2, 0.25) is 10.0 Å². The number of carbonyl (C=O) groups is 1. The molecule has 3 aliphatic rings. The molecular formula is C28H30Cl2N4O2S. The third-order valence-corrected chi connectivity index (χ3v) is 9.48. The number of hydrogen-bond donors (Lipinski definition) is 1. The van der Waals surface area contributed by atoms with Gasteiger partial charge in [0.05, 0.1) is 37.6 Å². The lowest BCUT2D eigenvalue weighted by molar-refractivity contribution is 0.111. The SMILES string of the molecule is O=C(NCC1CCCO1)N1CC2(CCN(C/C=C/c3ccc(Cl)c(Cl)c3)CC2)c2c1ccc1scnc21. The highest BCUT2D eigenvalue weighted by molar-refractivity contribution is 7.16. The van der Waals surface area contributed by atoms with E-state index in [2.05, 4.69) is 34.5 Å². The number of benzene rings is 2. The van der Waals surface area contributed by atoms with Gasteiger partial charge in [-0.05, 0) is 68.6 Å². The van der Waals surface area contributed by atoms with Crippen molar-refractivity contribution in [3.05, 3.63) is 63.1 Å². The van der Waals surface area contributed by atoms with Gasteiger partial charge in [0, 0.05) is 37.2 Å². The molecule has 1 aromatic heterocycles. The molecule has 0 radical (unpaired) electrons. The van der Waals surface area contributed by atoms with E-state index >= 15 is 0 Å². The number of carbonyl (C=O) groups excluding carboxylic acids is 1. The van der Waals surface area contributed by atoms with Gasteiger partial charge in [0.15, 0.2) is 0 Å².